The maximum Gasteiger partial charge on any atom is 0.267 e. The number of hydrogen-bond donors (Lipinski definition) is 0. The summed E-state index contributed by atoms with van der Waals surface area (Å²) in [6.45, 7) is 2.21. The highest BCUT2D eigenvalue weighted by Crippen LogP contribution is 2.28. The van der Waals surface area contributed by atoms with Gasteiger partial charge in [-0.3, -0.25) is 0 Å². The second kappa shape index (κ2) is 9.52. The van der Waals surface area contributed by atoms with Gasteiger partial charge in [0.15, 0.2) is 5.82 Å². The number of nitrogens with zero attached hydrogens (tertiary/aromatic N) is 2. The van der Waals surface area contributed by atoms with Crippen molar-refractivity contribution in [3.8, 4) is 10.8 Å². The molecule has 25 heavy (non-hydrogen) atoms. The van der Waals surface area contributed by atoms with Crippen molar-refractivity contribution in [2.45, 2.75) is 57.8 Å². The zero-order chi connectivity index (χ0) is 17.3. The third kappa shape index (κ3) is 5.27. The van der Waals surface area contributed by atoms with Gasteiger partial charge in [-0.2, -0.15) is 4.98 Å². The van der Waals surface area contributed by atoms with Gasteiger partial charge in [0.1, 0.15) is 0 Å². The molecule has 0 aliphatic heterocycles. The highest BCUT2D eigenvalue weighted by Gasteiger charge is 2.17. The standard InChI is InChI=1S/C21H26N2OS/c1-2-18(20-22-21(24-23-20)19-15-10-16-25-19)14-9-4-3-6-11-17-12-7-5-8-13-17/h5,7-8,10,12-13,15-16,18H,2-4,6,9,11,14H2,1H3. The van der Waals surface area contributed by atoms with E-state index >= 15 is 0 Å². The normalized spacial score (nSPS) is 12.4. The summed E-state index contributed by atoms with van der Waals surface area (Å²) in [5.41, 5.74) is 1.45. The van der Waals surface area contributed by atoms with Crippen molar-refractivity contribution in [3.05, 3.63) is 59.2 Å². The average Bonchev–Trinajstić information content (AvgIpc) is 3.33. The molecule has 0 aliphatic rings. The van der Waals surface area contributed by atoms with Crippen LogP contribution in [0.5, 0.6) is 0 Å². The van der Waals surface area contributed by atoms with Crippen molar-refractivity contribution in [2.75, 3.05) is 0 Å². The average molecular weight is 355 g/mol. The lowest BCUT2D eigenvalue weighted by Crippen LogP contribution is -2.00. The molecule has 1 unspecified atom stereocenters. The summed E-state index contributed by atoms with van der Waals surface area (Å²) in [6, 6.07) is 14.8. The van der Waals surface area contributed by atoms with Gasteiger partial charge in [-0.05, 0) is 42.7 Å². The van der Waals surface area contributed by atoms with E-state index in [1.54, 1.807) is 11.3 Å². The van der Waals surface area contributed by atoms with Crippen LogP contribution in [0.2, 0.25) is 0 Å². The predicted octanol–water partition coefficient (Wildman–Crippen LogP) is 6.48. The van der Waals surface area contributed by atoms with E-state index in [2.05, 4.69) is 47.4 Å². The molecule has 1 atom stereocenters. The topological polar surface area (TPSA) is 38.9 Å². The largest absolute Gasteiger partial charge is 0.333 e. The molecule has 1 aromatic carbocycles. The van der Waals surface area contributed by atoms with Crippen molar-refractivity contribution >= 4 is 11.3 Å². The van der Waals surface area contributed by atoms with E-state index in [0.29, 0.717) is 11.8 Å². The molecule has 4 heteroatoms. The molecule has 0 saturated carbocycles. The van der Waals surface area contributed by atoms with E-state index in [0.717, 1.165) is 23.5 Å². The van der Waals surface area contributed by atoms with Gasteiger partial charge in [-0.15, -0.1) is 11.3 Å². The van der Waals surface area contributed by atoms with Gasteiger partial charge in [-0.25, -0.2) is 0 Å². The summed E-state index contributed by atoms with van der Waals surface area (Å²) in [4.78, 5) is 5.66. The molecule has 0 saturated heterocycles. The Morgan fingerprint density at radius 2 is 1.84 bits per heavy atom. The number of unbranched alkanes of at least 4 members (excludes halogenated alkanes) is 3. The van der Waals surface area contributed by atoms with Gasteiger partial charge in [0.2, 0.25) is 0 Å². The Bertz CT molecular complexity index is 721. The molecule has 0 aliphatic carbocycles. The maximum absolute atomic E-state index is 5.43. The fourth-order valence-corrected chi connectivity index (χ4v) is 3.78. The van der Waals surface area contributed by atoms with Gasteiger partial charge in [0.25, 0.3) is 5.89 Å². The van der Waals surface area contributed by atoms with Crippen LogP contribution in [-0.4, -0.2) is 10.1 Å². The van der Waals surface area contributed by atoms with Gasteiger partial charge >= 0.3 is 0 Å². The maximum atomic E-state index is 5.43. The molecule has 0 spiro atoms. The fraction of sp³-hybridized carbons (Fsp3) is 0.429. The third-order valence-electron chi connectivity index (χ3n) is 4.64. The lowest BCUT2D eigenvalue weighted by molar-refractivity contribution is 0.408. The molecule has 3 rings (SSSR count). The zero-order valence-electron chi connectivity index (χ0n) is 14.9. The molecular weight excluding hydrogens is 328 g/mol. The summed E-state index contributed by atoms with van der Waals surface area (Å²) >= 11 is 1.64. The van der Waals surface area contributed by atoms with E-state index in [4.69, 9.17) is 4.52 Å². The van der Waals surface area contributed by atoms with Crippen LogP contribution in [0, 0.1) is 0 Å². The lowest BCUT2D eigenvalue weighted by atomic mass is 9.97. The molecule has 2 aromatic heterocycles. The monoisotopic (exact) mass is 354 g/mol. The van der Waals surface area contributed by atoms with Crippen LogP contribution >= 0.6 is 11.3 Å². The molecule has 2 heterocycles. The van der Waals surface area contributed by atoms with E-state index in [1.807, 2.05) is 17.5 Å². The van der Waals surface area contributed by atoms with Crippen molar-refractivity contribution in [3.63, 3.8) is 0 Å². The van der Waals surface area contributed by atoms with E-state index in [9.17, 15) is 0 Å². The van der Waals surface area contributed by atoms with Crippen LogP contribution in [0.25, 0.3) is 10.8 Å². The van der Waals surface area contributed by atoms with Gasteiger partial charge in [-0.1, -0.05) is 67.7 Å². The SMILES string of the molecule is CCC(CCCCCCc1ccccc1)c1noc(-c2cccs2)n1. The molecule has 0 bridgehead atoms. The molecule has 0 fully saturated rings. The molecule has 0 radical (unpaired) electrons. The van der Waals surface area contributed by atoms with Crippen LogP contribution in [0.15, 0.2) is 52.4 Å². The number of rotatable bonds is 10. The minimum Gasteiger partial charge on any atom is -0.333 e. The quantitative estimate of drug-likeness (QED) is 0.391. The van der Waals surface area contributed by atoms with Crippen LogP contribution < -0.4 is 0 Å². The minimum atomic E-state index is 0.409. The lowest BCUT2D eigenvalue weighted by Gasteiger charge is -2.10. The van der Waals surface area contributed by atoms with E-state index in [-0.39, 0.29) is 0 Å². The summed E-state index contributed by atoms with van der Waals surface area (Å²) in [6.07, 6.45) is 8.46. The highest BCUT2D eigenvalue weighted by atomic mass is 32.1. The predicted molar refractivity (Wildman–Crippen MR) is 104 cm³/mol. The van der Waals surface area contributed by atoms with Crippen molar-refractivity contribution in [2.24, 2.45) is 0 Å². The van der Waals surface area contributed by atoms with Crippen LogP contribution in [0.1, 0.15) is 62.8 Å². The molecule has 3 nitrogen and oxygen atoms in total. The molecular formula is C21H26N2OS. The molecule has 132 valence electrons. The van der Waals surface area contributed by atoms with Crippen molar-refractivity contribution < 1.29 is 4.52 Å². The Hall–Kier alpha value is -1.94. The first-order valence-electron chi connectivity index (χ1n) is 9.28. The third-order valence-corrected chi connectivity index (χ3v) is 5.50. The molecule has 0 amide bonds. The van der Waals surface area contributed by atoms with E-state index < -0.39 is 0 Å². The first-order chi connectivity index (χ1) is 12.4. The van der Waals surface area contributed by atoms with Crippen molar-refractivity contribution in [1.29, 1.82) is 0 Å². The van der Waals surface area contributed by atoms with Gasteiger partial charge in [0, 0.05) is 5.92 Å². The highest BCUT2D eigenvalue weighted by molar-refractivity contribution is 7.13. The van der Waals surface area contributed by atoms with E-state index in [1.165, 1.54) is 37.7 Å². The van der Waals surface area contributed by atoms with Crippen LogP contribution in [0.3, 0.4) is 0 Å². The Morgan fingerprint density at radius 1 is 1.00 bits per heavy atom. The number of hydrogen-bond acceptors (Lipinski definition) is 4. The summed E-state index contributed by atoms with van der Waals surface area (Å²) in [5, 5.41) is 6.25. The molecule has 3 aromatic rings. The summed E-state index contributed by atoms with van der Waals surface area (Å²) < 4.78 is 5.43. The smallest absolute Gasteiger partial charge is 0.267 e. The Labute approximate surface area is 154 Å². The van der Waals surface area contributed by atoms with Gasteiger partial charge in [0.05, 0.1) is 4.88 Å². The van der Waals surface area contributed by atoms with Gasteiger partial charge < -0.3 is 4.52 Å². The first kappa shape index (κ1) is 17.9. The number of thiophene rings is 1. The fourth-order valence-electron chi connectivity index (χ4n) is 3.13. The Morgan fingerprint density at radius 3 is 2.60 bits per heavy atom. The Balaban J connectivity index is 1.39. The number of aromatic nitrogens is 2. The number of aryl methyl sites for hydroxylation is 1. The number of benzene rings is 1. The zero-order valence-corrected chi connectivity index (χ0v) is 15.7. The second-order valence-corrected chi connectivity index (χ2v) is 7.43. The summed E-state index contributed by atoms with van der Waals surface area (Å²) in [7, 11) is 0. The summed E-state index contributed by atoms with van der Waals surface area (Å²) in [5.74, 6) is 1.94. The van der Waals surface area contributed by atoms with Crippen LogP contribution in [-0.2, 0) is 6.42 Å². The Kier molecular flexibility index (Phi) is 6.80. The molecule has 0 N–H and O–H groups in total. The first-order valence-corrected chi connectivity index (χ1v) is 10.2. The van der Waals surface area contributed by atoms with Crippen molar-refractivity contribution in [1.82, 2.24) is 10.1 Å². The van der Waals surface area contributed by atoms with Crippen LogP contribution in [0.4, 0.5) is 0 Å². The second-order valence-electron chi connectivity index (χ2n) is 6.48. The minimum absolute atomic E-state index is 0.409.